The summed E-state index contributed by atoms with van der Waals surface area (Å²) < 4.78 is 2.09. The van der Waals surface area contributed by atoms with Crippen molar-refractivity contribution in [3.05, 3.63) is 42.5 Å². The predicted octanol–water partition coefficient (Wildman–Crippen LogP) is 2.20. The number of aromatic nitrogens is 3. The molecule has 0 radical (unpaired) electrons. The molecule has 1 N–H and O–H groups in total. The van der Waals surface area contributed by atoms with Gasteiger partial charge in [-0.3, -0.25) is 4.57 Å². The number of hydrogen-bond donors (Lipinski definition) is 1. The van der Waals surface area contributed by atoms with E-state index in [1.807, 2.05) is 24.5 Å². The first kappa shape index (κ1) is 12.4. The normalized spacial score (nSPS) is 19.5. The third-order valence-corrected chi connectivity index (χ3v) is 3.83. The lowest BCUT2D eigenvalue weighted by Gasteiger charge is -2.22. The number of benzene rings is 1. The standard InChI is InChI=1S/C15H20N4/c1-2-6-14(7-3-1)19-12-17-18-15(19)9-8-13-5-4-10-16-11-13/h1-3,6-7,12-13,16H,4-5,8-11H2. The van der Waals surface area contributed by atoms with Crippen LogP contribution < -0.4 is 5.32 Å². The van der Waals surface area contributed by atoms with E-state index in [2.05, 4.69) is 32.2 Å². The second-order valence-electron chi connectivity index (χ2n) is 5.20. The van der Waals surface area contributed by atoms with E-state index in [4.69, 9.17) is 0 Å². The second-order valence-corrected chi connectivity index (χ2v) is 5.20. The minimum atomic E-state index is 0.787. The number of aryl methyl sites for hydroxylation is 1. The molecule has 1 fully saturated rings. The first-order chi connectivity index (χ1) is 9.43. The largest absolute Gasteiger partial charge is 0.316 e. The highest BCUT2D eigenvalue weighted by Gasteiger charge is 2.14. The predicted molar refractivity (Wildman–Crippen MR) is 75.3 cm³/mol. The van der Waals surface area contributed by atoms with E-state index >= 15 is 0 Å². The van der Waals surface area contributed by atoms with Crippen LogP contribution in [-0.4, -0.2) is 27.9 Å². The fourth-order valence-electron chi connectivity index (χ4n) is 2.74. The Kier molecular flexibility index (Phi) is 3.89. The van der Waals surface area contributed by atoms with Crippen LogP contribution in [0.1, 0.15) is 25.1 Å². The smallest absolute Gasteiger partial charge is 0.137 e. The maximum absolute atomic E-state index is 4.27. The van der Waals surface area contributed by atoms with Gasteiger partial charge in [-0.25, -0.2) is 0 Å². The second kappa shape index (κ2) is 5.97. The number of nitrogens with zero attached hydrogens (tertiary/aromatic N) is 3. The lowest BCUT2D eigenvalue weighted by molar-refractivity contribution is 0.355. The molecular formula is C15H20N4. The van der Waals surface area contributed by atoms with Crippen molar-refractivity contribution in [1.29, 1.82) is 0 Å². The molecule has 3 rings (SSSR count). The number of nitrogens with one attached hydrogen (secondary N) is 1. The molecule has 1 aromatic carbocycles. The van der Waals surface area contributed by atoms with E-state index in [9.17, 15) is 0 Å². The van der Waals surface area contributed by atoms with Gasteiger partial charge in [0.15, 0.2) is 0 Å². The van der Waals surface area contributed by atoms with Gasteiger partial charge in [-0.1, -0.05) is 18.2 Å². The molecule has 1 aliphatic heterocycles. The molecule has 0 bridgehead atoms. The first-order valence-corrected chi connectivity index (χ1v) is 7.08. The molecule has 100 valence electrons. The number of para-hydroxylation sites is 1. The van der Waals surface area contributed by atoms with E-state index in [1.54, 1.807) is 0 Å². The Morgan fingerprint density at radius 2 is 2.16 bits per heavy atom. The van der Waals surface area contributed by atoms with Crippen molar-refractivity contribution in [2.75, 3.05) is 13.1 Å². The lowest BCUT2D eigenvalue weighted by Crippen LogP contribution is -2.30. The summed E-state index contributed by atoms with van der Waals surface area (Å²) in [5.74, 6) is 1.85. The van der Waals surface area contributed by atoms with Crippen LogP contribution in [0.2, 0.25) is 0 Å². The molecule has 0 aliphatic carbocycles. The summed E-state index contributed by atoms with van der Waals surface area (Å²) in [5.41, 5.74) is 1.14. The van der Waals surface area contributed by atoms with Gasteiger partial charge in [-0.2, -0.15) is 0 Å². The number of piperidine rings is 1. The average molecular weight is 256 g/mol. The summed E-state index contributed by atoms with van der Waals surface area (Å²) in [6, 6.07) is 10.3. The number of rotatable bonds is 4. The zero-order valence-electron chi connectivity index (χ0n) is 11.1. The third kappa shape index (κ3) is 3.01. The molecule has 1 atom stereocenters. The zero-order chi connectivity index (χ0) is 12.9. The van der Waals surface area contributed by atoms with Crippen LogP contribution in [0.4, 0.5) is 0 Å². The van der Waals surface area contributed by atoms with E-state index in [0.717, 1.165) is 30.4 Å². The molecule has 1 unspecified atom stereocenters. The van der Waals surface area contributed by atoms with Gasteiger partial charge in [0.2, 0.25) is 0 Å². The van der Waals surface area contributed by atoms with Crippen molar-refractivity contribution in [1.82, 2.24) is 20.1 Å². The molecule has 0 saturated carbocycles. The van der Waals surface area contributed by atoms with Crippen molar-refractivity contribution in [2.24, 2.45) is 5.92 Å². The molecule has 1 saturated heterocycles. The molecule has 1 aromatic heterocycles. The van der Waals surface area contributed by atoms with E-state index < -0.39 is 0 Å². The summed E-state index contributed by atoms with van der Waals surface area (Å²) in [6.07, 6.45) is 6.64. The zero-order valence-corrected chi connectivity index (χ0v) is 11.1. The van der Waals surface area contributed by atoms with Crippen LogP contribution in [-0.2, 0) is 6.42 Å². The van der Waals surface area contributed by atoms with Crippen molar-refractivity contribution >= 4 is 0 Å². The van der Waals surface area contributed by atoms with Gasteiger partial charge in [-0.05, 0) is 50.4 Å². The maximum atomic E-state index is 4.27. The van der Waals surface area contributed by atoms with Crippen LogP contribution >= 0.6 is 0 Å². The Bertz CT molecular complexity index is 500. The van der Waals surface area contributed by atoms with Gasteiger partial charge < -0.3 is 5.32 Å². The highest BCUT2D eigenvalue weighted by Crippen LogP contribution is 2.17. The highest BCUT2D eigenvalue weighted by atomic mass is 15.3. The first-order valence-electron chi connectivity index (χ1n) is 7.08. The van der Waals surface area contributed by atoms with E-state index in [-0.39, 0.29) is 0 Å². The number of hydrogen-bond acceptors (Lipinski definition) is 3. The topological polar surface area (TPSA) is 42.7 Å². The minimum Gasteiger partial charge on any atom is -0.316 e. The Hall–Kier alpha value is -1.68. The summed E-state index contributed by atoms with van der Waals surface area (Å²) in [5, 5.41) is 11.8. The summed E-state index contributed by atoms with van der Waals surface area (Å²) in [6.45, 7) is 2.33. The molecule has 0 amide bonds. The summed E-state index contributed by atoms with van der Waals surface area (Å²) in [4.78, 5) is 0. The molecule has 4 heteroatoms. The highest BCUT2D eigenvalue weighted by molar-refractivity contribution is 5.31. The Morgan fingerprint density at radius 1 is 1.26 bits per heavy atom. The molecule has 1 aliphatic rings. The molecule has 2 aromatic rings. The fraction of sp³-hybridized carbons (Fsp3) is 0.467. The monoisotopic (exact) mass is 256 g/mol. The lowest BCUT2D eigenvalue weighted by atomic mass is 9.94. The van der Waals surface area contributed by atoms with Crippen LogP contribution in [0.3, 0.4) is 0 Å². The van der Waals surface area contributed by atoms with Crippen molar-refractivity contribution in [3.63, 3.8) is 0 Å². The van der Waals surface area contributed by atoms with E-state index in [0.29, 0.717) is 0 Å². The van der Waals surface area contributed by atoms with Crippen molar-refractivity contribution < 1.29 is 0 Å². The Labute approximate surface area is 113 Å². The third-order valence-electron chi connectivity index (χ3n) is 3.83. The SMILES string of the molecule is c1ccc(-n2cnnc2CCC2CCCNC2)cc1. The van der Waals surface area contributed by atoms with Gasteiger partial charge in [-0.15, -0.1) is 10.2 Å². The summed E-state index contributed by atoms with van der Waals surface area (Å²) >= 11 is 0. The quantitative estimate of drug-likeness (QED) is 0.912. The molecule has 4 nitrogen and oxygen atoms in total. The van der Waals surface area contributed by atoms with Gasteiger partial charge in [0, 0.05) is 12.1 Å². The average Bonchev–Trinajstić information content (AvgIpc) is 2.95. The molecule has 0 spiro atoms. The van der Waals surface area contributed by atoms with Gasteiger partial charge in [0.05, 0.1) is 0 Å². The van der Waals surface area contributed by atoms with Gasteiger partial charge in [0.1, 0.15) is 12.2 Å². The van der Waals surface area contributed by atoms with Crippen LogP contribution in [0.15, 0.2) is 36.7 Å². The molecule has 2 heterocycles. The Balaban J connectivity index is 1.67. The van der Waals surface area contributed by atoms with Crippen LogP contribution in [0.5, 0.6) is 0 Å². The van der Waals surface area contributed by atoms with Crippen LogP contribution in [0, 0.1) is 5.92 Å². The Morgan fingerprint density at radius 3 is 2.95 bits per heavy atom. The fourth-order valence-corrected chi connectivity index (χ4v) is 2.74. The van der Waals surface area contributed by atoms with Crippen LogP contribution in [0.25, 0.3) is 5.69 Å². The molecule has 19 heavy (non-hydrogen) atoms. The van der Waals surface area contributed by atoms with E-state index in [1.165, 1.54) is 25.8 Å². The van der Waals surface area contributed by atoms with Gasteiger partial charge in [0.25, 0.3) is 0 Å². The minimum absolute atomic E-state index is 0.787. The maximum Gasteiger partial charge on any atom is 0.137 e. The van der Waals surface area contributed by atoms with Crippen molar-refractivity contribution in [2.45, 2.75) is 25.7 Å². The van der Waals surface area contributed by atoms with Gasteiger partial charge >= 0.3 is 0 Å². The molecular weight excluding hydrogens is 236 g/mol. The van der Waals surface area contributed by atoms with Crippen molar-refractivity contribution in [3.8, 4) is 5.69 Å². The summed E-state index contributed by atoms with van der Waals surface area (Å²) in [7, 11) is 0.